The van der Waals surface area contributed by atoms with Gasteiger partial charge in [0.1, 0.15) is 0 Å². The molecule has 1 aliphatic carbocycles. The molecule has 0 spiro atoms. The smallest absolute Gasteiger partial charge is 0.227 e. The van der Waals surface area contributed by atoms with Gasteiger partial charge in [0.15, 0.2) is 17.3 Å². The number of nitrogens with one attached hydrogen (secondary N) is 1. The zero-order valence-electron chi connectivity index (χ0n) is 27.7. The summed E-state index contributed by atoms with van der Waals surface area (Å²) in [6.45, 7) is 8.73. The standard InChI is InChI=1S/C38H46N2O5/c1-8-9-10-15-34(42)40-30-14-12-11-13-28(30)39-29-20-25(24-16-18-27(19-17-24)38(2,3)4)21-31(41)35(29)36(40)26-22-32(43-5)37(45-7)33(23-26)44-6/h11-14,16-19,22-23,25,36,39H,8-10,15,20-21H2,1-7H3/t25-,36+/m0/s1. The van der Waals surface area contributed by atoms with Crippen LogP contribution in [0.4, 0.5) is 11.4 Å². The second kappa shape index (κ2) is 13.4. The van der Waals surface area contributed by atoms with E-state index in [2.05, 4.69) is 57.3 Å². The topological polar surface area (TPSA) is 77.1 Å². The fourth-order valence-electron chi connectivity index (χ4n) is 6.58. The molecule has 1 N–H and O–H groups in total. The second-order valence-corrected chi connectivity index (χ2v) is 13.0. The molecule has 0 bridgehead atoms. The van der Waals surface area contributed by atoms with Gasteiger partial charge in [0.05, 0.1) is 38.7 Å². The summed E-state index contributed by atoms with van der Waals surface area (Å²) in [5, 5.41) is 3.64. The number of rotatable bonds is 9. The van der Waals surface area contributed by atoms with Crippen molar-refractivity contribution < 1.29 is 23.8 Å². The van der Waals surface area contributed by atoms with E-state index in [9.17, 15) is 9.59 Å². The number of methoxy groups -OCH3 is 3. The van der Waals surface area contributed by atoms with Crippen molar-refractivity contribution in [1.29, 1.82) is 0 Å². The number of fused-ring (bicyclic) bond motifs is 1. The first-order valence-electron chi connectivity index (χ1n) is 16.0. The zero-order valence-corrected chi connectivity index (χ0v) is 27.7. The number of unbranched alkanes of at least 4 members (excludes halogenated alkanes) is 2. The SMILES string of the molecule is CCCCCC(=O)N1c2ccccc2NC2=C(C(=O)C[C@@H](c3ccc(C(C)(C)C)cc3)C2)[C@H]1c1cc(OC)c(OC)c(OC)c1. The number of ether oxygens (including phenoxy) is 3. The van der Waals surface area contributed by atoms with Gasteiger partial charge in [-0.15, -0.1) is 0 Å². The number of Topliss-reactive ketones (excluding diaryl/α,β-unsaturated/α-hetero) is 1. The van der Waals surface area contributed by atoms with E-state index in [1.165, 1.54) is 5.56 Å². The normalized spacial score (nSPS) is 18.0. The van der Waals surface area contributed by atoms with Crippen molar-refractivity contribution in [3.8, 4) is 17.2 Å². The number of nitrogens with zero attached hydrogens (tertiary/aromatic N) is 1. The number of carbonyl (C=O) groups is 2. The summed E-state index contributed by atoms with van der Waals surface area (Å²) in [5.41, 5.74) is 6.16. The van der Waals surface area contributed by atoms with Crippen molar-refractivity contribution in [3.05, 3.63) is 88.6 Å². The highest BCUT2D eigenvalue weighted by Gasteiger charge is 2.42. The summed E-state index contributed by atoms with van der Waals surface area (Å²) >= 11 is 0. The number of anilines is 2. The molecule has 3 aromatic carbocycles. The van der Waals surface area contributed by atoms with Crippen LogP contribution in [0.25, 0.3) is 0 Å². The van der Waals surface area contributed by atoms with Gasteiger partial charge in [-0.2, -0.15) is 0 Å². The monoisotopic (exact) mass is 610 g/mol. The van der Waals surface area contributed by atoms with Crippen LogP contribution in [0.15, 0.2) is 71.9 Å². The first kappa shape index (κ1) is 32.1. The Morgan fingerprint density at radius 2 is 1.56 bits per heavy atom. The van der Waals surface area contributed by atoms with Crippen LogP contribution in [0.1, 0.15) is 94.9 Å². The molecule has 238 valence electrons. The van der Waals surface area contributed by atoms with Gasteiger partial charge in [-0.3, -0.25) is 14.5 Å². The highest BCUT2D eigenvalue weighted by Crippen LogP contribution is 2.50. The molecule has 0 saturated carbocycles. The van der Waals surface area contributed by atoms with E-state index in [0.717, 1.165) is 47.5 Å². The lowest BCUT2D eigenvalue weighted by Gasteiger charge is -2.35. The van der Waals surface area contributed by atoms with Gasteiger partial charge < -0.3 is 19.5 Å². The summed E-state index contributed by atoms with van der Waals surface area (Å²) < 4.78 is 17.1. The third-order valence-electron chi connectivity index (χ3n) is 9.00. The lowest BCUT2D eigenvalue weighted by molar-refractivity contribution is -0.119. The van der Waals surface area contributed by atoms with Crippen molar-refractivity contribution in [3.63, 3.8) is 0 Å². The van der Waals surface area contributed by atoms with Gasteiger partial charge in [0.2, 0.25) is 11.7 Å². The van der Waals surface area contributed by atoms with Crippen molar-refractivity contribution in [2.75, 3.05) is 31.5 Å². The number of para-hydroxylation sites is 2. The van der Waals surface area contributed by atoms with Crippen LogP contribution in [0.2, 0.25) is 0 Å². The van der Waals surface area contributed by atoms with E-state index in [0.29, 0.717) is 42.1 Å². The van der Waals surface area contributed by atoms with Gasteiger partial charge >= 0.3 is 0 Å². The minimum atomic E-state index is -0.685. The number of hydrogen-bond donors (Lipinski definition) is 1. The van der Waals surface area contributed by atoms with Gasteiger partial charge in [0, 0.05) is 24.1 Å². The number of benzene rings is 3. The predicted octanol–water partition coefficient (Wildman–Crippen LogP) is 8.49. The summed E-state index contributed by atoms with van der Waals surface area (Å²) in [5.74, 6) is 1.40. The largest absolute Gasteiger partial charge is 0.493 e. The van der Waals surface area contributed by atoms with E-state index in [1.54, 1.807) is 21.3 Å². The molecule has 3 aromatic rings. The van der Waals surface area contributed by atoms with Gasteiger partial charge in [-0.25, -0.2) is 0 Å². The maximum atomic E-state index is 14.5. The molecule has 0 aromatic heterocycles. The Morgan fingerprint density at radius 3 is 2.16 bits per heavy atom. The van der Waals surface area contributed by atoms with E-state index in [-0.39, 0.29) is 23.0 Å². The third kappa shape index (κ3) is 6.44. The summed E-state index contributed by atoms with van der Waals surface area (Å²) in [6, 6.07) is 19.5. The maximum absolute atomic E-state index is 14.5. The van der Waals surface area contributed by atoms with Crippen LogP contribution >= 0.6 is 0 Å². The Kier molecular flexibility index (Phi) is 9.56. The first-order valence-corrected chi connectivity index (χ1v) is 16.0. The van der Waals surface area contributed by atoms with Crippen LogP contribution < -0.4 is 24.4 Å². The Morgan fingerprint density at radius 1 is 0.889 bits per heavy atom. The molecule has 1 amide bonds. The molecule has 7 nitrogen and oxygen atoms in total. The lowest BCUT2D eigenvalue weighted by atomic mass is 9.77. The molecular formula is C38H46N2O5. The second-order valence-electron chi connectivity index (χ2n) is 13.0. The number of amides is 1. The average molecular weight is 611 g/mol. The molecule has 0 radical (unpaired) electrons. The van der Waals surface area contributed by atoms with Gasteiger partial charge in [-0.1, -0.05) is 76.9 Å². The summed E-state index contributed by atoms with van der Waals surface area (Å²) in [7, 11) is 4.71. The van der Waals surface area contributed by atoms with Gasteiger partial charge in [-0.05, 0) is 65.1 Å². The molecule has 0 unspecified atom stereocenters. The highest BCUT2D eigenvalue weighted by molar-refractivity contribution is 6.06. The minimum Gasteiger partial charge on any atom is -0.493 e. The highest BCUT2D eigenvalue weighted by atomic mass is 16.5. The number of hydrogen-bond acceptors (Lipinski definition) is 6. The predicted molar refractivity (Wildman–Crippen MR) is 180 cm³/mol. The van der Waals surface area contributed by atoms with Gasteiger partial charge in [0.25, 0.3) is 0 Å². The first-order chi connectivity index (χ1) is 21.6. The van der Waals surface area contributed by atoms with Crippen LogP contribution in [-0.2, 0) is 15.0 Å². The van der Waals surface area contributed by atoms with Crippen LogP contribution in [0.5, 0.6) is 17.2 Å². The Hall–Kier alpha value is -4.26. The number of carbonyl (C=O) groups excluding carboxylic acids is 2. The number of allylic oxidation sites excluding steroid dienone is 1. The average Bonchev–Trinajstić information content (AvgIpc) is 3.18. The molecule has 0 fully saturated rings. The Labute approximate surface area is 267 Å². The minimum absolute atomic E-state index is 0.0114. The zero-order chi connectivity index (χ0) is 32.3. The molecule has 2 atom stereocenters. The van der Waals surface area contributed by atoms with Crippen LogP contribution in [-0.4, -0.2) is 33.0 Å². The molecule has 1 heterocycles. The van der Waals surface area contributed by atoms with Crippen LogP contribution in [0.3, 0.4) is 0 Å². The quantitative estimate of drug-likeness (QED) is 0.245. The Balaban J connectivity index is 1.69. The third-order valence-corrected chi connectivity index (χ3v) is 9.00. The van der Waals surface area contributed by atoms with Crippen molar-refractivity contribution >= 4 is 23.1 Å². The molecule has 0 saturated heterocycles. The van der Waals surface area contributed by atoms with Crippen LogP contribution in [0, 0.1) is 0 Å². The number of ketones is 1. The summed E-state index contributed by atoms with van der Waals surface area (Å²) in [6.07, 6.45) is 4.11. The molecule has 5 rings (SSSR count). The van der Waals surface area contributed by atoms with Crippen molar-refractivity contribution in [2.24, 2.45) is 0 Å². The van der Waals surface area contributed by atoms with E-state index in [4.69, 9.17) is 14.2 Å². The van der Waals surface area contributed by atoms with Crippen molar-refractivity contribution in [1.82, 2.24) is 0 Å². The Bertz CT molecular complexity index is 1560. The fraction of sp³-hybridized carbons (Fsp3) is 0.421. The van der Waals surface area contributed by atoms with E-state index < -0.39 is 6.04 Å². The lowest BCUT2D eigenvalue weighted by Crippen LogP contribution is -2.38. The van der Waals surface area contributed by atoms with E-state index >= 15 is 0 Å². The fourth-order valence-corrected chi connectivity index (χ4v) is 6.58. The van der Waals surface area contributed by atoms with E-state index in [1.807, 2.05) is 41.3 Å². The molecule has 1 aliphatic heterocycles. The summed E-state index contributed by atoms with van der Waals surface area (Å²) in [4.78, 5) is 30.5. The van der Waals surface area contributed by atoms with Crippen molar-refractivity contribution in [2.45, 2.75) is 83.6 Å². The molecule has 2 aliphatic rings. The molecule has 45 heavy (non-hydrogen) atoms. The molecular weight excluding hydrogens is 564 g/mol. The maximum Gasteiger partial charge on any atom is 0.227 e. The molecule has 7 heteroatoms.